The number of anilines is 2. The second-order valence-electron chi connectivity index (χ2n) is 7.85. The highest BCUT2D eigenvalue weighted by atomic mass is 16.5. The molecule has 3 rings (SSSR count). The molecule has 1 saturated carbocycles. The maximum absolute atomic E-state index is 12.9. The van der Waals surface area contributed by atoms with Gasteiger partial charge in [-0.15, -0.1) is 0 Å². The van der Waals surface area contributed by atoms with E-state index >= 15 is 0 Å². The minimum atomic E-state index is -0.198. The first-order chi connectivity index (χ1) is 13.5. The summed E-state index contributed by atoms with van der Waals surface area (Å²) < 4.78 is 10.7. The Hall–Kier alpha value is -2.12. The first kappa shape index (κ1) is 20.6. The Kier molecular flexibility index (Phi) is 6.91. The smallest absolute Gasteiger partial charge is 0.250 e. The Balaban J connectivity index is 1.80. The fourth-order valence-electron chi connectivity index (χ4n) is 3.62. The molecule has 0 unspecified atom stereocenters. The zero-order chi connectivity index (χ0) is 20.1. The highest BCUT2D eigenvalue weighted by molar-refractivity contribution is 5.92. The van der Waals surface area contributed by atoms with Gasteiger partial charge in [0.25, 0.3) is 0 Å². The third-order valence-electron chi connectivity index (χ3n) is 5.17. The molecule has 1 heterocycles. The molecule has 1 aromatic rings. The lowest BCUT2D eigenvalue weighted by atomic mass is 10.1. The van der Waals surface area contributed by atoms with Crippen molar-refractivity contribution in [2.45, 2.75) is 38.3 Å². The van der Waals surface area contributed by atoms with Crippen LogP contribution < -0.4 is 10.2 Å². The summed E-state index contributed by atoms with van der Waals surface area (Å²) in [7, 11) is 5.46. The number of carbonyl (C=O) groups is 2. The summed E-state index contributed by atoms with van der Waals surface area (Å²) in [6.07, 6.45) is 4.14. The van der Waals surface area contributed by atoms with E-state index in [1.54, 1.807) is 0 Å². The first-order valence-electron chi connectivity index (χ1n) is 9.97. The normalized spacial score (nSPS) is 18.8. The zero-order valence-electron chi connectivity index (χ0n) is 17.1. The molecule has 154 valence electrons. The summed E-state index contributed by atoms with van der Waals surface area (Å²) in [5, 5.41) is 2.85. The summed E-state index contributed by atoms with van der Waals surface area (Å²) in [6.45, 7) is 1.93. The lowest BCUT2D eigenvalue weighted by Gasteiger charge is -2.28. The molecule has 0 aromatic heterocycles. The molecule has 2 aliphatic rings. The summed E-state index contributed by atoms with van der Waals surface area (Å²) in [5.74, 6) is 0.180. The third kappa shape index (κ3) is 5.45. The number of carbonyl (C=O) groups excluding carboxylic acids is 2. The van der Waals surface area contributed by atoms with Gasteiger partial charge in [-0.05, 0) is 49.4 Å². The Labute approximate surface area is 167 Å². The van der Waals surface area contributed by atoms with Gasteiger partial charge in [0.05, 0.1) is 6.10 Å². The molecule has 2 amide bonds. The van der Waals surface area contributed by atoms with Gasteiger partial charge >= 0.3 is 0 Å². The van der Waals surface area contributed by atoms with Crippen molar-refractivity contribution in [3.05, 3.63) is 23.8 Å². The summed E-state index contributed by atoms with van der Waals surface area (Å²) in [5.41, 5.74) is 2.75. The van der Waals surface area contributed by atoms with Crippen LogP contribution in [0.2, 0.25) is 0 Å². The number of nitrogens with zero attached hydrogens (tertiary/aromatic N) is 2. The van der Waals surface area contributed by atoms with Gasteiger partial charge in [-0.25, -0.2) is 0 Å². The van der Waals surface area contributed by atoms with Gasteiger partial charge in [0.2, 0.25) is 11.8 Å². The average Bonchev–Trinajstić information content (AvgIpc) is 3.38. The fraction of sp³-hybridized carbons (Fsp3) is 0.619. The van der Waals surface area contributed by atoms with Crippen molar-refractivity contribution in [1.82, 2.24) is 4.90 Å². The van der Waals surface area contributed by atoms with Crippen LogP contribution in [0.25, 0.3) is 0 Å². The van der Waals surface area contributed by atoms with E-state index in [0.29, 0.717) is 18.8 Å². The number of hydrogen-bond donors (Lipinski definition) is 1. The zero-order valence-corrected chi connectivity index (χ0v) is 17.1. The summed E-state index contributed by atoms with van der Waals surface area (Å²) >= 11 is 0. The van der Waals surface area contributed by atoms with Crippen molar-refractivity contribution in [2.75, 3.05) is 51.2 Å². The molecule has 1 N–H and O–H groups in total. The van der Waals surface area contributed by atoms with Crippen molar-refractivity contribution in [2.24, 2.45) is 5.92 Å². The van der Waals surface area contributed by atoms with E-state index in [-0.39, 0.29) is 30.4 Å². The molecule has 7 nitrogen and oxygen atoms in total. The second-order valence-corrected chi connectivity index (χ2v) is 7.85. The topological polar surface area (TPSA) is 71.1 Å². The van der Waals surface area contributed by atoms with Gasteiger partial charge in [0.1, 0.15) is 6.61 Å². The van der Waals surface area contributed by atoms with Gasteiger partial charge in [0.15, 0.2) is 0 Å². The van der Waals surface area contributed by atoms with Crippen LogP contribution in [0.4, 0.5) is 11.4 Å². The number of hydrogen-bond acceptors (Lipinski definition) is 5. The molecule has 2 fully saturated rings. The highest BCUT2D eigenvalue weighted by Crippen LogP contribution is 2.33. The van der Waals surface area contributed by atoms with Crippen molar-refractivity contribution >= 4 is 23.2 Å². The van der Waals surface area contributed by atoms with Crippen LogP contribution in [0, 0.1) is 5.92 Å². The Bertz CT molecular complexity index is 697. The van der Waals surface area contributed by atoms with Gasteiger partial charge < -0.3 is 24.6 Å². The quantitative estimate of drug-likeness (QED) is 0.701. The molecule has 7 heteroatoms. The van der Waals surface area contributed by atoms with Crippen LogP contribution in [-0.4, -0.2) is 63.8 Å². The second kappa shape index (κ2) is 9.39. The van der Waals surface area contributed by atoms with Crippen LogP contribution in [0.15, 0.2) is 18.2 Å². The number of amides is 2. The summed E-state index contributed by atoms with van der Waals surface area (Å²) in [4.78, 5) is 28.7. The Morgan fingerprint density at radius 3 is 2.64 bits per heavy atom. The fourth-order valence-corrected chi connectivity index (χ4v) is 3.62. The number of benzene rings is 1. The van der Waals surface area contributed by atoms with E-state index in [2.05, 4.69) is 5.32 Å². The molecule has 0 bridgehead atoms. The van der Waals surface area contributed by atoms with Crippen molar-refractivity contribution in [3.63, 3.8) is 0 Å². The molecular formula is C21H31N3O4. The maximum atomic E-state index is 12.9. The highest BCUT2D eigenvalue weighted by Gasteiger charge is 2.35. The standard InChI is InChI=1S/C21H31N3O4/c1-23(2)19-9-8-17(22-20(25)14-27-3)11-16(19)12-24(21(26)15-6-7-15)13-18-5-4-10-28-18/h8-9,11,15,18H,4-7,10,12-14H2,1-3H3,(H,22,25)/t18-/m1/s1. The largest absolute Gasteiger partial charge is 0.377 e. The van der Waals surface area contributed by atoms with Crippen LogP contribution in [0.3, 0.4) is 0 Å². The van der Waals surface area contributed by atoms with Crippen molar-refractivity contribution in [3.8, 4) is 0 Å². The molecule has 1 aromatic carbocycles. The lowest BCUT2D eigenvalue weighted by Crippen LogP contribution is -2.38. The first-order valence-corrected chi connectivity index (χ1v) is 9.97. The van der Waals surface area contributed by atoms with Crippen LogP contribution >= 0.6 is 0 Å². The van der Waals surface area contributed by atoms with Crippen LogP contribution in [0.1, 0.15) is 31.2 Å². The Morgan fingerprint density at radius 2 is 2.04 bits per heavy atom. The van der Waals surface area contributed by atoms with E-state index in [4.69, 9.17) is 9.47 Å². The van der Waals surface area contributed by atoms with Crippen LogP contribution in [0.5, 0.6) is 0 Å². The van der Waals surface area contributed by atoms with Gasteiger partial charge in [0, 0.05) is 58.2 Å². The van der Waals surface area contributed by atoms with Crippen molar-refractivity contribution < 1.29 is 19.1 Å². The van der Waals surface area contributed by atoms with E-state index in [1.165, 1.54) is 7.11 Å². The van der Waals surface area contributed by atoms with E-state index in [1.807, 2.05) is 42.1 Å². The van der Waals surface area contributed by atoms with Gasteiger partial charge in [-0.3, -0.25) is 9.59 Å². The molecule has 1 atom stereocenters. The molecule has 0 radical (unpaired) electrons. The van der Waals surface area contributed by atoms with E-state index in [9.17, 15) is 9.59 Å². The van der Waals surface area contributed by atoms with E-state index < -0.39 is 0 Å². The monoisotopic (exact) mass is 389 g/mol. The number of rotatable bonds is 9. The predicted octanol–water partition coefficient (Wildman–Crippen LogP) is 2.26. The minimum Gasteiger partial charge on any atom is -0.377 e. The number of nitrogens with one attached hydrogen (secondary N) is 1. The summed E-state index contributed by atoms with van der Waals surface area (Å²) in [6, 6.07) is 5.80. The predicted molar refractivity (Wildman–Crippen MR) is 108 cm³/mol. The third-order valence-corrected chi connectivity index (χ3v) is 5.17. The molecule has 1 saturated heterocycles. The average molecular weight is 389 g/mol. The minimum absolute atomic E-state index is 0.01000. The molecule has 1 aliphatic heterocycles. The van der Waals surface area contributed by atoms with Crippen molar-refractivity contribution in [1.29, 1.82) is 0 Å². The van der Waals surface area contributed by atoms with Gasteiger partial charge in [-0.1, -0.05) is 0 Å². The number of methoxy groups -OCH3 is 1. The van der Waals surface area contributed by atoms with E-state index in [0.717, 1.165) is 43.5 Å². The molecule has 28 heavy (non-hydrogen) atoms. The van der Waals surface area contributed by atoms with Crippen LogP contribution in [-0.2, 0) is 25.6 Å². The lowest BCUT2D eigenvalue weighted by molar-refractivity contribution is -0.134. The SMILES string of the molecule is COCC(=O)Nc1ccc(N(C)C)c(CN(C[C@H]2CCCO2)C(=O)C2CC2)c1. The Morgan fingerprint density at radius 1 is 1.25 bits per heavy atom. The molecule has 1 aliphatic carbocycles. The molecule has 0 spiro atoms. The molecular weight excluding hydrogens is 358 g/mol. The maximum Gasteiger partial charge on any atom is 0.250 e. The van der Waals surface area contributed by atoms with Gasteiger partial charge in [-0.2, -0.15) is 0 Å². The number of ether oxygens (including phenoxy) is 2.